The minimum atomic E-state index is -4.82. The van der Waals surface area contributed by atoms with Crippen molar-refractivity contribution in [2.75, 3.05) is 19.7 Å². The number of amides is 2. The third-order valence-electron chi connectivity index (χ3n) is 5.44. The first-order valence-electron chi connectivity index (χ1n) is 11.4. The highest BCUT2D eigenvalue weighted by molar-refractivity contribution is 5.95. The fraction of sp³-hybridized carbons (Fsp3) is 0.440. The molecule has 1 aliphatic heterocycles. The van der Waals surface area contributed by atoms with Crippen molar-refractivity contribution in [3.05, 3.63) is 53.6 Å². The lowest BCUT2D eigenvalue weighted by atomic mass is 10.0. The van der Waals surface area contributed by atoms with Crippen LogP contribution in [-0.2, 0) is 11.2 Å². The second-order valence-electron chi connectivity index (χ2n) is 9.29. The maximum Gasteiger partial charge on any atom is 0.573 e. The highest BCUT2D eigenvalue weighted by Gasteiger charge is 2.34. The number of hydrogen-bond donors (Lipinski definition) is 2. The summed E-state index contributed by atoms with van der Waals surface area (Å²) in [6, 6.07) is 9.12. The molecule has 202 valence electrons. The highest BCUT2D eigenvalue weighted by Crippen LogP contribution is 2.29. The second-order valence-corrected chi connectivity index (χ2v) is 9.29. The zero-order valence-corrected chi connectivity index (χ0v) is 20.3. The molecule has 0 radical (unpaired) electrons. The van der Waals surface area contributed by atoms with Gasteiger partial charge >= 0.3 is 6.36 Å². The van der Waals surface area contributed by atoms with E-state index in [0.717, 1.165) is 12.1 Å². The Balaban J connectivity index is 1.60. The van der Waals surface area contributed by atoms with Crippen LogP contribution in [0.2, 0.25) is 0 Å². The van der Waals surface area contributed by atoms with Gasteiger partial charge in [0.05, 0.1) is 24.1 Å². The van der Waals surface area contributed by atoms with E-state index in [1.54, 1.807) is 13.8 Å². The van der Waals surface area contributed by atoms with Gasteiger partial charge in [0.15, 0.2) is 6.17 Å². The van der Waals surface area contributed by atoms with Crippen LogP contribution in [0, 0.1) is 0 Å². The molecule has 0 saturated carbocycles. The molecule has 1 aliphatic rings. The fourth-order valence-corrected chi connectivity index (χ4v) is 3.65. The van der Waals surface area contributed by atoms with Gasteiger partial charge in [-0.25, -0.2) is 4.39 Å². The molecule has 2 aromatic carbocycles. The number of halogens is 4. The summed E-state index contributed by atoms with van der Waals surface area (Å²) in [4.78, 5) is 25.8. The van der Waals surface area contributed by atoms with Gasteiger partial charge in [-0.3, -0.25) is 9.59 Å². The third kappa shape index (κ3) is 8.52. The van der Waals surface area contributed by atoms with Gasteiger partial charge in [-0.05, 0) is 43.7 Å². The molecular formula is C25H28F4N2O6. The van der Waals surface area contributed by atoms with Crippen LogP contribution >= 0.6 is 0 Å². The first-order chi connectivity index (χ1) is 17.2. The molecule has 3 N–H and O–H groups in total. The number of benzene rings is 2. The van der Waals surface area contributed by atoms with Gasteiger partial charge in [-0.15, -0.1) is 13.2 Å². The summed E-state index contributed by atoms with van der Waals surface area (Å²) in [7, 11) is 0. The molecule has 1 saturated heterocycles. The number of carbonyl (C=O) groups excluding carboxylic acids is 2. The molecule has 1 heterocycles. The number of nitrogens with zero attached hydrogens (tertiary/aromatic N) is 1. The average molecular weight is 528 g/mol. The Morgan fingerprint density at radius 1 is 1.11 bits per heavy atom. The van der Waals surface area contributed by atoms with Gasteiger partial charge in [0.2, 0.25) is 5.91 Å². The van der Waals surface area contributed by atoms with E-state index < -0.39 is 41.8 Å². The predicted octanol–water partition coefficient (Wildman–Crippen LogP) is 3.39. The Labute approximate surface area is 210 Å². The minimum Gasteiger partial charge on any atom is -0.490 e. The van der Waals surface area contributed by atoms with Crippen molar-refractivity contribution in [1.82, 2.24) is 4.90 Å². The standard InChI is InChI=1S/C25H28F4N2O6/c1-24(2,34)14-35-17-7-8-18(23(30)33)21(12-17)36-20-9-10-31(13-19(20)26)22(32)11-15-3-5-16(6-4-15)37-25(27,28)29/h3-8,12,19-20,34H,9-11,13-14H2,1-2H3,(H2,30,33). The first-order valence-corrected chi connectivity index (χ1v) is 11.4. The van der Waals surface area contributed by atoms with Crippen molar-refractivity contribution in [2.45, 2.75) is 50.9 Å². The number of alkyl halides is 4. The molecule has 0 aromatic heterocycles. The molecule has 0 bridgehead atoms. The Hall–Kier alpha value is -3.54. The summed E-state index contributed by atoms with van der Waals surface area (Å²) in [5.74, 6) is -1.27. The molecule has 1 fully saturated rings. The van der Waals surface area contributed by atoms with Crippen molar-refractivity contribution in [3.8, 4) is 17.2 Å². The maximum absolute atomic E-state index is 15.0. The average Bonchev–Trinajstić information content (AvgIpc) is 2.79. The number of piperidine rings is 1. The number of carbonyl (C=O) groups is 2. The van der Waals surface area contributed by atoms with E-state index in [9.17, 15) is 27.9 Å². The largest absolute Gasteiger partial charge is 0.573 e. The maximum atomic E-state index is 15.0. The molecule has 2 amide bonds. The molecule has 2 atom stereocenters. The number of likely N-dealkylation sites (tertiary alicyclic amines) is 1. The third-order valence-corrected chi connectivity index (χ3v) is 5.44. The lowest BCUT2D eigenvalue weighted by Crippen LogP contribution is -2.49. The SMILES string of the molecule is CC(C)(O)COc1ccc(C(N)=O)c(OC2CCN(C(=O)Cc3ccc(OC(F)(F)F)cc3)CC2F)c1. The van der Waals surface area contributed by atoms with Crippen LogP contribution in [0.25, 0.3) is 0 Å². The molecule has 2 unspecified atom stereocenters. The van der Waals surface area contributed by atoms with Crippen LogP contribution in [-0.4, -0.2) is 65.8 Å². The van der Waals surface area contributed by atoms with Gasteiger partial charge in [0.1, 0.15) is 30.0 Å². The van der Waals surface area contributed by atoms with Crippen molar-refractivity contribution in [1.29, 1.82) is 0 Å². The van der Waals surface area contributed by atoms with Gasteiger partial charge in [0, 0.05) is 19.0 Å². The monoisotopic (exact) mass is 528 g/mol. The summed E-state index contributed by atoms with van der Waals surface area (Å²) in [6.45, 7) is 2.98. The quantitative estimate of drug-likeness (QED) is 0.483. The van der Waals surface area contributed by atoms with Crippen molar-refractivity contribution in [2.24, 2.45) is 5.73 Å². The van der Waals surface area contributed by atoms with E-state index in [1.165, 1.54) is 35.2 Å². The van der Waals surface area contributed by atoms with Gasteiger partial charge in [-0.2, -0.15) is 0 Å². The molecule has 12 heteroatoms. The van der Waals surface area contributed by atoms with E-state index in [4.69, 9.17) is 15.2 Å². The number of primary amides is 1. The summed E-state index contributed by atoms with van der Waals surface area (Å²) >= 11 is 0. The molecule has 0 aliphatic carbocycles. The molecule has 8 nitrogen and oxygen atoms in total. The number of rotatable bonds is 9. The minimum absolute atomic E-state index is 0.0225. The molecular weight excluding hydrogens is 500 g/mol. The van der Waals surface area contributed by atoms with Crippen molar-refractivity contribution in [3.63, 3.8) is 0 Å². The van der Waals surface area contributed by atoms with E-state index in [2.05, 4.69) is 4.74 Å². The van der Waals surface area contributed by atoms with Crippen LogP contribution in [0.3, 0.4) is 0 Å². The van der Waals surface area contributed by atoms with E-state index >= 15 is 4.39 Å². The topological polar surface area (TPSA) is 111 Å². The normalized spacial score (nSPS) is 18.3. The Morgan fingerprint density at radius 3 is 2.32 bits per heavy atom. The number of ether oxygens (including phenoxy) is 3. The Kier molecular flexibility index (Phi) is 8.52. The van der Waals surface area contributed by atoms with Crippen LogP contribution in [0.4, 0.5) is 17.6 Å². The van der Waals surface area contributed by atoms with E-state index in [0.29, 0.717) is 5.56 Å². The fourth-order valence-electron chi connectivity index (χ4n) is 3.65. The summed E-state index contributed by atoms with van der Waals surface area (Å²) in [5.41, 5.74) is 4.78. The lowest BCUT2D eigenvalue weighted by molar-refractivity contribution is -0.274. The second kappa shape index (κ2) is 11.2. The summed E-state index contributed by atoms with van der Waals surface area (Å²) < 4.78 is 67.0. The number of hydrogen-bond acceptors (Lipinski definition) is 6. The van der Waals surface area contributed by atoms with Crippen LogP contribution in [0.1, 0.15) is 36.2 Å². The Bertz CT molecular complexity index is 1100. The highest BCUT2D eigenvalue weighted by atomic mass is 19.4. The van der Waals surface area contributed by atoms with Gasteiger partial charge < -0.3 is 30.0 Å². The van der Waals surface area contributed by atoms with E-state index in [-0.39, 0.29) is 49.6 Å². The van der Waals surface area contributed by atoms with Crippen LogP contribution in [0.5, 0.6) is 17.2 Å². The first kappa shape index (κ1) is 28.0. The molecule has 3 rings (SSSR count). The molecule has 2 aromatic rings. The van der Waals surface area contributed by atoms with Crippen LogP contribution in [0.15, 0.2) is 42.5 Å². The van der Waals surface area contributed by atoms with Crippen LogP contribution < -0.4 is 19.9 Å². The predicted molar refractivity (Wildman–Crippen MR) is 124 cm³/mol. The van der Waals surface area contributed by atoms with Gasteiger partial charge in [0.25, 0.3) is 5.91 Å². The summed E-state index contributed by atoms with van der Waals surface area (Å²) in [5, 5.41) is 9.84. The summed E-state index contributed by atoms with van der Waals surface area (Å²) in [6.07, 6.45) is -7.37. The number of aliphatic hydroxyl groups is 1. The molecule has 0 spiro atoms. The zero-order chi connectivity index (χ0) is 27.4. The van der Waals surface area contributed by atoms with Crippen molar-refractivity contribution < 1.29 is 46.5 Å². The number of nitrogens with two attached hydrogens (primary N) is 1. The van der Waals surface area contributed by atoms with Crippen molar-refractivity contribution >= 4 is 11.8 Å². The Morgan fingerprint density at radius 2 is 1.76 bits per heavy atom. The van der Waals surface area contributed by atoms with Gasteiger partial charge in [-0.1, -0.05) is 12.1 Å². The zero-order valence-electron chi connectivity index (χ0n) is 20.3. The molecule has 37 heavy (non-hydrogen) atoms. The lowest BCUT2D eigenvalue weighted by Gasteiger charge is -2.35. The van der Waals surface area contributed by atoms with E-state index in [1.807, 2.05) is 0 Å². The smallest absolute Gasteiger partial charge is 0.490 e.